The minimum Gasteiger partial charge on any atom is -0.369 e. The Balaban J connectivity index is 2.49. The van der Waals surface area contributed by atoms with Gasteiger partial charge < -0.3 is 5.32 Å². The second-order valence-electron chi connectivity index (χ2n) is 5.19. The van der Waals surface area contributed by atoms with Gasteiger partial charge in [-0.2, -0.15) is 5.10 Å². The van der Waals surface area contributed by atoms with Crippen LogP contribution in [0.1, 0.15) is 26.5 Å². The fourth-order valence-corrected chi connectivity index (χ4v) is 2.45. The molecule has 0 aliphatic carbocycles. The minimum atomic E-state index is 0.539. The second-order valence-corrected chi connectivity index (χ2v) is 5.98. The van der Waals surface area contributed by atoms with Gasteiger partial charge in [-0.05, 0) is 35.2 Å². The third kappa shape index (κ3) is 3.36. The summed E-state index contributed by atoms with van der Waals surface area (Å²) in [5, 5.41) is 7.47. The Morgan fingerprint density at radius 2 is 2.10 bits per heavy atom. The first-order valence-corrected chi connectivity index (χ1v) is 7.59. The molecule has 0 saturated carbocycles. The van der Waals surface area contributed by atoms with Gasteiger partial charge in [0, 0.05) is 19.8 Å². The van der Waals surface area contributed by atoms with Gasteiger partial charge in [-0.3, -0.25) is 4.68 Å². The van der Waals surface area contributed by atoms with Crippen molar-refractivity contribution in [2.45, 2.75) is 27.2 Å². The molecule has 0 aliphatic heterocycles. The molecule has 20 heavy (non-hydrogen) atoms. The molecule has 0 radical (unpaired) electrons. The van der Waals surface area contributed by atoms with Crippen molar-refractivity contribution in [2.75, 3.05) is 11.9 Å². The van der Waals surface area contributed by atoms with Gasteiger partial charge in [0.05, 0.1) is 21.9 Å². The molecule has 0 amide bonds. The van der Waals surface area contributed by atoms with E-state index in [4.69, 9.17) is 0 Å². The summed E-state index contributed by atoms with van der Waals surface area (Å²) >= 11 is 3.61. The Labute approximate surface area is 128 Å². The number of rotatable bonds is 5. The molecule has 2 aromatic heterocycles. The summed E-state index contributed by atoms with van der Waals surface area (Å²) in [6, 6.07) is 0. The van der Waals surface area contributed by atoms with Crippen LogP contribution in [0.25, 0.3) is 11.4 Å². The summed E-state index contributed by atoms with van der Waals surface area (Å²) in [6.45, 7) is 7.25. The summed E-state index contributed by atoms with van der Waals surface area (Å²) in [4.78, 5) is 9.28. The maximum absolute atomic E-state index is 4.69. The van der Waals surface area contributed by atoms with E-state index in [1.165, 1.54) is 0 Å². The predicted molar refractivity (Wildman–Crippen MR) is 84.6 cm³/mol. The summed E-state index contributed by atoms with van der Waals surface area (Å²) in [7, 11) is 1.89. The Hall–Kier alpha value is -1.43. The lowest BCUT2D eigenvalue weighted by Gasteiger charge is -2.13. The maximum Gasteiger partial charge on any atom is 0.165 e. The predicted octanol–water partition coefficient (Wildman–Crippen LogP) is 3.27. The standard InChI is InChI=1S/C14H20BrN5/c1-5-16-14-12(15)11(6-9(2)3)18-13(19-14)10-7-17-20(4)8-10/h7-9H,5-6H2,1-4H3,(H,16,18,19). The van der Waals surface area contributed by atoms with E-state index in [9.17, 15) is 0 Å². The van der Waals surface area contributed by atoms with Crippen LogP contribution in [0.3, 0.4) is 0 Å². The average molecular weight is 338 g/mol. The van der Waals surface area contributed by atoms with Crippen LogP contribution >= 0.6 is 15.9 Å². The highest BCUT2D eigenvalue weighted by molar-refractivity contribution is 9.10. The molecule has 2 rings (SSSR count). The van der Waals surface area contributed by atoms with Crippen molar-refractivity contribution in [3.8, 4) is 11.4 Å². The highest BCUT2D eigenvalue weighted by Crippen LogP contribution is 2.28. The Morgan fingerprint density at radius 3 is 2.65 bits per heavy atom. The SMILES string of the molecule is CCNc1nc(-c2cnn(C)c2)nc(CC(C)C)c1Br. The number of nitrogens with zero attached hydrogens (tertiary/aromatic N) is 4. The zero-order chi connectivity index (χ0) is 14.7. The number of halogens is 1. The third-order valence-electron chi connectivity index (χ3n) is 2.83. The van der Waals surface area contributed by atoms with Crippen molar-refractivity contribution >= 4 is 21.7 Å². The van der Waals surface area contributed by atoms with Gasteiger partial charge in [0.2, 0.25) is 0 Å². The van der Waals surface area contributed by atoms with Gasteiger partial charge in [0.25, 0.3) is 0 Å². The summed E-state index contributed by atoms with van der Waals surface area (Å²) in [5.74, 6) is 2.10. The number of nitrogens with one attached hydrogen (secondary N) is 1. The van der Waals surface area contributed by atoms with E-state index >= 15 is 0 Å². The van der Waals surface area contributed by atoms with E-state index in [-0.39, 0.29) is 0 Å². The lowest BCUT2D eigenvalue weighted by molar-refractivity contribution is 0.632. The van der Waals surface area contributed by atoms with Crippen LogP contribution < -0.4 is 5.32 Å². The lowest BCUT2D eigenvalue weighted by atomic mass is 10.1. The monoisotopic (exact) mass is 337 g/mol. The highest BCUT2D eigenvalue weighted by atomic mass is 79.9. The molecule has 0 unspecified atom stereocenters. The van der Waals surface area contributed by atoms with Gasteiger partial charge in [-0.15, -0.1) is 0 Å². The van der Waals surface area contributed by atoms with E-state index in [1.54, 1.807) is 10.9 Å². The molecular weight excluding hydrogens is 318 g/mol. The number of aromatic nitrogens is 4. The number of aryl methyl sites for hydroxylation is 1. The lowest BCUT2D eigenvalue weighted by Crippen LogP contribution is -2.08. The van der Waals surface area contributed by atoms with Gasteiger partial charge in [0.15, 0.2) is 5.82 Å². The first-order chi connectivity index (χ1) is 9.51. The van der Waals surface area contributed by atoms with Crippen LogP contribution in [0.15, 0.2) is 16.9 Å². The van der Waals surface area contributed by atoms with Crippen LogP contribution in [0.4, 0.5) is 5.82 Å². The zero-order valence-corrected chi connectivity index (χ0v) is 13.9. The molecule has 2 heterocycles. The molecule has 1 N–H and O–H groups in total. The summed E-state index contributed by atoms with van der Waals surface area (Å²) in [6.07, 6.45) is 4.63. The molecule has 0 aromatic carbocycles. The van der Waals surface area contributed by atoms with E-state index in [2.05, 4.69) is 57.1 Å². The first-order valence-electron chi connectivity index (χ1n) is 6.80. The minimum absolute atomic E-state index is 0.539. The zero-order valence-electron chi connectivity index (χ0n) is 12.3. The average Bonchev–Trinajstić information content (AvgIpc) is 2.80. The molecule has 0 bridgehead atoms. The molecule has 108 valence electrons. The molecule has 5 nitrogen and oxygen atoms in total. The van der Waals surface area contributed by atoms with Crippen molar-refractivity contribution in [1.82, 2.24) is 19.7 Å². The quantitative estimate of drug-likeness (QED) is 0.909. The topological polar surface area (TPSA) is 55.6 Å². The van der Waals surface area contributed by atoms with Crippen molar-refractivity contribution in [2.24, 2.45) is 13.0 Å². The van der Waals surface area contributed by atoms with Crippen molar-refractivity contribution in [3.05, 3.63) is 22.6 Å². The van der Waals surface area contributed by atoms with Gasteiger partial charge >= 0.3 is 0 Å². The van der Waals surface area contributed by atoms with Crippen molar-refractivity contribution < 1.29 is 0 Å². The fourth-order valence-electron chi connectivity index (χ4n) is 1.97. The normalized spacial score (nSPS) is 11.1. The third-order valence-corrected chi connectivity index (χ3v) is 3.66. The Bertz CT molecular complexity index is 591. The van der Waals surface area contributed by atoms with Crippen molar-refractivity contribution in [3.63, 3.8) is 0 Å². The molecule has 0 atom stereocenters. The molecule has 0 saturated heterocycles. The van der Waals surface area contributed by atoms with E-state index in [1.807, 2.05) is 13.2 Å². The molecule has 2 aromatic rings. The van der Waals surface area contributed by atoms with Crippen molar-refractivity contribution in [1.29, 1.82) is 0 Å². The molecular formula is C14H20BrN5. The van der Waals surface area contributed by atoms with Crippen LogP contribution in [0, 0.1) is 5.92 Å². The molecule has 6 heteroatoms. The van der Waals surface area contributed by atoms with Gasteiger partial charge in [-0.25, -0.2) is 9.97 Å². The number of anilines is 1. The highest BCUT2D eigenvalue weighted by Gasteiger charge is 2.15. The summed E-state index contributed by atoms with van der Waals surface area (Å²) in [5.41, 5.74) is 1.97. The van der Waals surface area contributed by atoms with Crippen LogP contribution in [0.2, 0.25) is 0 Å². The second kappa shape index (κ2) is 6.35. The Kier molecular flexibility index (Phi) is 4.75. The van der Waals surface area contributed by atoms with E-state index in [0.717, 1.165) is 34.5 Å². The molecule has 0 fully saturated rings. The maximum atomic E-state index is 4.69. The van der Waals surface area contributed by atoms with E-state index < -0.39 is 0 Å². The van der Waals surface area contributed by atoms with Crippen LogP contribution in [0.5, 0.6) is 0 Å². The molecule has 0 aliphatic rings. The van der Waals surface area contributed by atoms with Gasteiger partial charge in [0.1, 0.15) is 5.82 Å². The van der Waals surface area contributed by atoms with Crippen LogP contribution in [-0.4, -0.2) is 26.3 Å². The van der Waals surface area contributed by atoms with Crippen LogP contribution in [-0.2, 0) is 13.5 Å². The largest absolute Gasteiger partial charge is 0.369 e. The van der Waals surface area contributed by atoms with E-state index in [0.29, 0.717) is 11.7 Å². The Morgan fingerprint density at radius 1 is 1.35 bits per heavy atom. The fraction of sp³-hybridized carbons (Fsp3) is 0.500. The van der Waals surface area contributed by atoms with Gasteiger partial charge in [-0.1, -0.05) is 13.8 Å². The molecule has 0 spiro atoms. The number of hydrogen-bond donors (Lipinski definition) is 1. The first kappa shape index (κ1) is 15.0. The smallest absolute Gasteiger partial charge is 0.165 e. The summed E-state index contributed by atoms with van der Waals surface area (Å²) < 4.78 is 2.72. The number of hydrogen-bond acceptors (Lipinski definition) is 4.